The highest BCUT2D eigenvalue weighted by Gasteiger charge is 2.25. The smallest absolute Gasteiger partial charge is 0.0933 e. The van der Waals surface area contributed by atoms with Crippen molar-refractivity contribution in [3.8, 4) is 0 Å². The summed E-state index contributed by atoms with van der Waals surface area (Å²) in [6.45, 7) is 7.06. The van der Waals surface area contributed by atoms with Gasteiger partial charge in [-0.3, -0.25) is 4.90 Å². The summed E-state index contributed by atoms with van der Waals surface area (Å²) in [4.78, 5) is 2.47. The second kappa shape index (κ2) is 8.20. The molecular formula is C15H29NO3. The van der Waals surface area contributed by atoms with Crippen LogP contribution in [0, 0.1) is 5.92 Å². The van der Waals surface area contributed by atoms with Gasteiger partial charge in [-0.05, 0) is 38.6 Å². The number of morpholine rings is 1. The molecule has 4 heteroatoms. The quantitative estimate of drug-likeness (QED) is 0.746. The first-order valence-electron chi connectivity index (χ1n) is 7.84. The van der Waals surface area contributed by atoms with Crippen molar-refractivity contribution >= 4 is 0 Å². The van der Waals surface area contributed by atoms with E-state index in [2.05, 4.69) is 11.8 Å². The van der Waals surface area contributed by atoms with Crippen molar-refractivity contribution in [3.05, 3.63) is 0 Å². The van der Waals surface area contributed by atoms with Gasteiger partial charge in [0, 0.05) is 25.8 Å². The van der Waals surface area contributed by atoms with E-state index in [1.165, 1.54) is 32.1 Å². The molecule has 4 nitrogen and oxygen atoms in total. The molecule has 0 spiro atoms. The summed E-state index contributed by atoms with van der Waals surface area (Å²) in [5, 5.41) is 9.17. The third-order valence-corrected chi connectivity index (χ3v) is 4.49. The average Bonchev–Trinajstić information content (AvgIpc) is 2.46. The van der Waals surface area contributed by atoms with Crippen molar-refractivity contribution < 1.29 is 14.6 Å². The molecule has 0 aliphatic carbocycles. The van der Waals surface area contributed by atoms with E-state index >= 15 is 0 Å². The van der Waals surface area contributed by atoms with Crippen LogP contribution in [0.25, 0.3) is 0 Å². The van der Waals surface area contributed by atoms with E-state index in [-0.39, 0.29) is 12.7 Å². The Labute approximate surface area is 117 Å². The van der Waals surface area contributed by atoms with E-state index in [4.69, 9.17) is 9.47 Å². The second-order valence-corrected chi connectivity index (χ2v) is 6.03. The highest BCUT2D eigenvalue weighted by Crippen LogP contribution is 2.21. The molecule has 2 aliphatic rings. The Morgan fingerprint density at radius 1 is 1.21 bits per heavy atom. The summed E-state index contributed by atoms with van der Waals surface area (Å²) in [6.07, 6.45) is 6.46. The number of unbranched alkanes of at least 4 members (excludes halogenated alkanes) is 1. The monoisotopic (exact) mass is 271 g/mol. The van der Waals surface area contributed by atoms with Crippen molar-refractivity contribution in [3.63, 3.8) is 0 Å². The molecule has 2 rings (SSSR count). The van der Waals surface area contributed by atoms with Crippen LogP contribution in [0.15, 0.2) is 0 Å². The van der Waals surface area contributed by atoms with Gasteiger partial charge in [0.25, 0.3) is 0 Å². The first-order chi connectivity index (χ1) is 9.29. The van der Waals surface area contributed by atoms with E-state index < -0.39 is 0 Å². The summed E-state index contributed by atoms with van der Waals surface area (Å²) < 4.78 is 11.0. The molecule has 2 saturated heterocycles. The minimum Gasteiger partial charge on any atom is -0.394 e. The van der Waals surface area contributed by atoms with Gasteiger partial charge in [-0.2, -0.15) is 0 Å². The van der Waals surface area contributed by atoms with Crippen LogP contribution in [0.1, 0.15) is 39.0 Å². The summed E-state index contributed by atoms with van der Waals surface area (Å²) in [6, 6.07) is 0.492. The fourth-order valence-electron chi connectivity index (χ4n) is 3.08. The molecule has 2 atom stereocenters. The molecule has 112 valence electrons. The molecule has 0 amide bonds. The predicted molar refractivity (Wildman–Crippen MR) is 75.3 cm³/mol. The van der Waals surface area contributed by atoms with Gasteiger partial charge in [-0.15, -0.1) is 0 Å². The Hall–Kier alpha value is -0.160. The average molecular weight is 271 g/mol. The van der Waals surface area contributed by atoms with Gasteiger partial charge >= 0.3 is 0 Å². The minimum absolute atomic E-state index is 0.0201. The van der Waals surface area contributed by atoms with E-state index in [1.54, 1.807) is 0 Å². The second-order valence-electron chi connectivity index (χ2n) is 6.03. The Balaban J connectivity index is 1.58. The highest BCUT2D eigenvalue weighted by atomic mass is 16.5. The molecule has 19 heavy (non-hydrogen) atoms. The molecule has 2 aliphatic heterocycles. The first kappa shape index (κ1) is 15.2. The lowest BCUT2D eigenvalue weighted by atomic mass is 9.94. The maximum Gasteiger partial charge on any atom is 0.0933 e. The number of aliphatic hydroxyl groups excluding tert-OH is 1. The van der Waals surface area contributed by atoms with Crippen molar-refractivity contribution in [2.75, 3.05) is 39.5 Å². The van der Waals surface area contributed by atoms with Gasteiger partial charge in [-0.25, -0.2) is 0 Å². The van der Waals surface area contributed by atoms with Gasteiger partial charge in [0.2, 0.25) is 0 Å². The normalized spacial score (nSPS) is 30.6. The van der Waals surface area contributed by atoms with Gasteiger partial charge in [-0.1, -0.05) is 12.8 Å². The van der Waals surface area contributed by atoms with Gasteiger partial charge < -0.3 is 14.6 Å². The summed E-state index contributed by atoms with van der Waals surface area (Å²) in [5.74, 6) is 0.890. The van der Waals surface area contributed by atoms with E-state index in [1.807, 2.05) is 0 Å². The number of nitrogens with zero attached hydrogens (tertiary/aromatic N) is 1. The standard InChI is InChI=1S/C15H29NO3/c1-13-12-19-15(11-17)10-16(13)7-3-2-4-14-5-8-18-9-6-14/h13-15,17H,2-12H2,1H3/t13-,15-/m0/s1. The summed E-state index contributed by atoms with van der Waals surface area (Å²) >= 11 is 0. The third kappa shape index (κ3) is 5.03. The van der Waals surface area contributed by atoms with Crippen LogP contribution in [-0.4, -0.2) is 61.7 Å². The Kier molecular flexibility index (Phi) is 6.57. The van der Waals surface area contributed by atoms with Crippen LogP contribution < -0.4 is 0 Å². The van der Waals surface area contributed by atoms with Crippen LogP contribution in [-0.2, 0) is 9.47 Å². The zero-order chi connectivity index (χ0) is 13.5. The molecule has 0 aromatic heterocycles. The van der Waals surface area contributed by atoms with E-state index in [0.29, 0.717) is 6.04 Å². The van der Waals surface area contributed by atoms with E-state index in [9.17, 15) is 5.11 Å². The Bertz CT molecular complexity index is 244. The van der Waals surface area contributed by atoms with Crippen LogP contribution in [0.2, 0.25) is 0 Å². The maximum absolute atomic E-state index is 9.17. The fraction of sp³-hybridized carbons (Fsp3) is 1.00. The van der Waals surface area contributed by atoms with Crippen molar-refractivity contribution in [1.82, 2.24) is 4.90 Å². The van der Waals surface area contributed by atoms with Gasteiger partial charge in [0.1, 0.15) is 0 Å². The van der Waals surface area contributed by atoms with Crippen LogP contribution >= 0.6 is 0 Å². The lowest BCUT2D eigenvalue weighted by Crippen LogP contribution is -2.49. The molecule has 0 radical (unpaired) electrons. The van der Waals surface area contributed by atoms with Gasteiger partial charge in [0.05, 0.1) is 19.3 Å². The number of ether oxygens (including phenoxy) is 2. The fourth-order valence-corrected chi connectivity index (χ4v) is 3.08. The lowest BCUT2D eigenvalue weighted by Gasteiger charge is -2.37. The Morgan fingerprint density at radius 3 is 2.74 bits per heavy atom. The number of aliphatic hydroxyl groups is 1. The molecule has 0 aromatic carbocycles. The molecule has 0 saturated carbocycles. The van der Waals surface area contributed by atoms with Crippen LogP contribution in [0.3, 0.4) is 0 Å². The van der Waals surface area contributed by atoms with E-state index in [0.717, 1.165) is 38.8 Å². The first-order valence-corrected chi connectivity index (χ1v) is 7.84. The topological polar surface area (TPSA) is 41.9 Å². The lowest BCUT2D eigenvalue weighted by molar-refractivity contribution is -0.0780. The highest BCUT2D eigenvalue weighted by molar-refractivity contribution is 4.77. The molecule has 2 fully saturated rings. The van der Waals surface area contributed by atoms with Gasteiger partial charge in [0.15, 0.2) is 0 Å². The molecule has 0 aromatic rings. The summed E-state index contributed by atoms with van der Waals surface area (Å²) in [7, 11) is 0. The number of rotatable bonds is 6. The van der Waals surface area contributed by atoms with Crippen molar-refractivity contribution in [1.29, 1.82) is 0 Å². The van der Waals surface area contributed by atoms with Crippen molar-refractivity contribution in [2.45, 2.75) is 51.2 Å². The van der Waals surface area contributed by atoms with Crippen LogP contribution in [0.5, 0.6) is 0 Å². The molecule has 1 N–H and O–H groups in total. The molecule has 2 heterocycles. The predicted octanol–water partition coefficient (Wildman–Crippen LogP) is 1.66. The zero-order valence-electron chi connectivity index (χ0n) is 12.2. The number of hydrogen-bond acceptors (Lipinski definition) is 4. The molecular weight excluding hydrogens is 242 g/mol. The molecule has 0 bridgehead atoms. The zero-order valence-corrected chi connectivity index (χ0v) is 12.2. The molecule has 0 unspecified atom stereocenters. The summed E-state index contributed by atoms with van der Waals surface area (Å²) in [5.41, 5.74) is 0. The minimum atomic E-state index is 0.0201. The van der Waals surface area contributed by atoms with Crippen LogP contribution in [0.4, 0.5) is 0 Å². The Morgan fingerprint density at radius 2 is 2.00 bits per heavy atom. The maximum atomic E-state index is 9.17. The van der Waals surface area contributed by atoms with Crippen molar-refractivity contribution in [2.24, 2.45) is 5.92 Å². The largest absolute Gasteiger partial charge is 0.394 e. The number of hydrogen-bond donors (Lipinski definition) is 1. The third-order valence-electron chi connectivity index (χ3n) is 4.49. The SMILES string of the molecule is C[C@H]1CO[C@H](CO)CN1CCCCC1CCOCC1.